The molecular weight excluding hydrogens is 228 g/mol. The molecule has 1 atom stereocenters. The van der Waals surface area contributed by atoms with E-state index in [0.717, 1.165) is 16.8 Å². The summed E-state index contributed by atoms with van der Waals surface area (Å²) < 4.78 is 0. The van der Waals surface area contributed by atoms with Gasteiger partial charge in [0.15, 0.2) is 0 Å². The Morgan fingerprint density at radius 2 is 2.00 bits per heavy atom. The third-order valence-electron chi connectivity index (χ3n) is 3.13. The number of hydrogen-bond donors (Lipinski definition) is 4. The molecule has 0 aliphatic heterocycles. The van der Waals surface area contributed by atoms with E-state index in [0.29, 0.717) is 6.42 Å². The molecule has 0 bridgehead atoms. The van der Waals surface area contributed by atoms with Crippen LogP contribution in [0.5, 0.6) is 0 Å². The summed E-state index contributed by atoms with van der Waals surface area (Å²) in [7, 11) is 0. The van der Waals surface area contributed by atoms with Gasteiger partial charge in [-0.3, -0.25) is 0 Å². The number of fused-ring (bicyclic) bond motifs is 1. The van der Waals surface area contributed by atoms with E-state index in [1.54, 1.807) is 6.20 Å². The topological polar surface area (TPSA) is 90.5 Å². The number of hydrogen-bond acceptors (Lipinski definition) is 2. The molecule has 0 saturated carbocycles. The summed E-state index contributed by atoms with van der Waals surface area (Å²) in [5.41, 5.74) is 8.84. The molecule has 0 fully saturated rings. The fourth-order valence-corrected chi connectivity index (χ4v) is 2.19. The maximum atomic E-state index is 11.0. The number of aromatic amines is 3. The Kier molecular flexibility index (Phi) is 2.53. The highest BCUT2D eigenvalue weighted by Gasteiger charge is 2.11. The molecule has 2 heterocycles. The molecule has 0 saturated heterocycles. The molecule has 3 aromatic rings. The largest absolute Gasteiger partial charge is 0.361 e. The first-order valence-corrected chi connectivity index (χ1v) is 5.82. The quantitative estimate of drug-likeness (QED) is 0.559. The van der Waals surface area contributed by atoms with Crippen molar-refractivity contribution in [3.8, 4) is 0 Å². The standard InChI is InChI=1S/C13H14N4O/c14-10(12-7-16-13(18)17-12)5-8-6-15-11-4-2-1-3-9(8)11/h1-4,6-7,10,15H,5,14H2,(H2,16,17,18)/t10-/m0/s1. The molecule has 5 heteroatoms. The highest BCUT2D eigenvalue weighted by molar-refractivity contribution is 5.83. The van der Waals surface area contributed by atoms with Crippen LogP contribution >= 0.6 is 0 Å². The highest BCUT2D eigenvalue weighted by Crippen LogP contribution is 2.21. The summed E-state index contributed by atoms with van der Waals surface area (Å²) in [6.07, 6.45) is 4.27. The lowest BCUT2D eigenvalue weighted by Gasteiger charge is -2.08. The zero-order valence-electron chi connectivity index (χ0n) is 9.73. The number of H-pyrrole nitrogens is 3. The summed E-state index contributed by atoms with van der Waals surface area (Å²) in [5, 5.41) is 1.17. The van der Waals surface area contributed by atoms with Gasteiger partial charge in [0.25, 0.3) is 0 Å². The number of aromatic nitrogens is 3. The monoisotopic (exact) mass is 242 g/mol. The second kappa shape index (κ2) is 4.19. The van der Waals surface area contributed by atoms with Gasteiger partial charge in [-0.15, -0.1) is 0 Å². The molecule has 2 aromatic heterocycles. The van der Waals surface area contributed by atoms with E-state index >= 15 is 0 Å². The normalized spacial score (nSPS) is 12.9. The predicted octanol–water partition coefficient (Wildman–Crippen LogP) is 1.43. The van der Waals surface area contributed by atoms with Crippen LogP contribution in [0.1, 0.15) is 17.3 Å². The average molecular weight is 242 g/mol. The number of rotatable bonds is 3. The molecule has 5 nitrogen and oxygen atoms in total. The minimum absolute atomic E-state index is 0.219. The van der Waals surface area contributed by atoms with Gasteiger partial charge < -0.3 is 20.7 Å². The molecule has 18 heavy (non-hydrogen) atoms. The van der Waals surface area contributed by atoms with Crippen LogP contribution < -0.4 is 11.4 Å². The maximum Gasteiger partial charge on any atom is 0.323 e. The van der Waals surface area contributed by atoms with Crippen molar-refractivity contribution in [3.63, 3.8) is 0 Å². The first kappa shape index (κ1) is 10.9. The molecule has 1 aromatic carbocycles. The summed E-state index contributed by atoms with van der Waals surface area (Å²) in [4.78, 5) is 19.5. The predicted molar refractivity (Wildman–Crippen MR) is 70.3 cm³/mol. The maximum absolute atomic E-state index is 11.0. The summed E-state index contributed by atoms with van der Waals surface area (Å²) in [5.74, 6) is 0. The van der Waals surface area contributed by atoms with Crippen LogP contribution in [0.15, 0.2) is 41.5 Å². The molecule has 3 rings (SSSR count). The van der Waals surface area contributed by atoms with Crippen molar-refractivity contribution in [1.29, 1.82) is 0 Å². The SMILES string of the molecule is N[C@@H](Cc1c[nH]c2ccccc12)c1c[nH]c(=O)[nH]1. The van der Waals surface area contributed by atoms with Crippen LogP contribution in [0, 0.1) is 0 Å². The van der Waals surface area contributed by atoms with Crippen molar-refractivity contribution in [1.82, 2.24) is 15.0 Å². The van der Waals surface area contributed by atoms with E-state index in [-0.39, 0.29) is 11.7 Å². The molecule has 0 aliphatic carbocycles. The number of nitrogens with two attached hydrogens (primary N) is 1. The van der Waals surface area contributed by atoms with E-state index in [1.165, 1.54) is 5.39 Å². The van der Waals surface area contributed by atoms with Crippen LogP contribution in [0.3, 0.4) is 0 Å². The van der Waals surface area contributed by atoms with Crippen LogP contribution in [0.4, 0.5) is 0 Å². The van der Waals surface area contributed by atoms with Gasteiger partial charge in [-0.05, 0) is 18.1 Å². The highest BCUT2D eigenvalue weighted by atomic mass is 16.1. The Morgan fingerprint density at radius 3 is 2.78 bits per heavy atom. The first-order chi connectivity index (χ1) is 8.74. The molecule has 5 N–H and O–H groups in total. The van der Waals surface area contributed by atoms with Crippen LogP contribution in [-0.4, -0.2) is 15.0 Å². The van der Waals surface area contributed by atoms with Gasteiger partial charge in [-0.25, -0.2) is 4.79 Å². The third-order valence-corrected chi connectivity index (χ3v) is 3.13. The molecule has 0 amide bonds. The minimum atomic E-state index is -0.223. The van der Waals surface area contributed by atoms with E-state index in [1.807, 2.05) is 24.4 Å². The molecule has 0 unspecified atom stereocenters. The zero-order chi connectivity index (χ0) is 12.5. The van der Waals surface area contributed by atoms with Gasteiger partial charge in [0.1, 0.15) is 0 Å². The van der Waals surface area contributed by atoms with Crippen molar-refractivity contribution < 1.29 is 0 Å². The molecule has 0 aliphatic rings. The molecule has 92 valence electrons. The lowest BCUT2D eigenvalue weighted by Crippen LogP contribution is -2.15. The smallest absolute Gasteiger partial charge is 0.323 e. The van der Waals surface area contributed by atoms with Crippen molar-refractivity contribution >= 4 is 10.9 Å². The lowest BCUT2D eigenvalue weighted by atomic mass is 10.0. The van der Waals surface area contributed by atoms with Crippen LogP contribution in [0.25, 0.3) is 10.9 Å². The minimum Gasteiger partial charge on any atom is -0.361 e. The van der Waals surface area contributed by atoms with Gasteiger partial charge in [-0.2, -0.15) is 0 Å². The molecule has 0 spiro atoms. The first-order valence-electron chi connectivity index (χ1n) is 5.82. The van der Waals surface area contributed by atoms with Gasteiger partial charge in [0.05, 0.1) is 11.7 Å². The summed E-state index contributed by atoms with van der Waals surface area (Å²) in [6, 6.07) is 7.87. The van der Waals surface area contributed by atoms with Crippen molar-refractivity contribution in [2.45, 2.75) is 12.5 Å². The number of imidazole rings is 1. The van der Waals surface area contributed by atoms with E-state index in [9.17, 15) is 4.79 Å². The van der Waals surface area contributed by atoms with Crippen LogP contribution in [-0.2, 0) is 6.42 Å². The van der Waals surface area contributed by atoms with E-state index in [2.05, 4.69) is 21.0 Å². The fourth-order valence-electron chi connectivity index (χ4n) is 2.19. The Balaban J connectivity index is 1.90. The van der Waals surface area contributed by atoms with Gasteiger partial charge in [0, 0.05) is 23.3 Å². The summed E-state index contributed by atoms with van der Waals surface area (Å²) in [6.45, 7) is 0. The fraction of sp³-hybridized carbons (Fsp3) is 0.154. The van der Waals surface area contributed by atoms with E-state index in [4.69, 9.17) is 5.73 Å². The third kappa shape index (κ3) is 1.84. The Labute approximate surface area is 103 Å². The summed E-state index contributed by atoms with van der Waals surface area (Å²) >= 11 is 0. The van der Waals surface area contributed by atoms with Crippen molar-refractivity contribution in [2.24, 2.45) is 5.73 Å². The van der Waals surface area contributed by atoms with Gasteiger partial charge >= 0.3 is 5.69 Å². The Hall–Kier alpha value is -2.27. The zero-order valence-corrected chi connectivity index (χ0v) is 9.73. The molecular formula is C13H14N4O. The molecule has 0 radical (unpaired) electrons. The van der Waals surface area contributed by atoms with Crippen molar-refractivity contribution in [2.75, 3.05) is 0 Å². The van der Waals surface area contributed by atoms with E-state index < -0.39 is 0 Å². The Bertz CT molecular complexity index is 722. The van der Waals surface area contributed by atoms with Crippen molar-refractivity contribution in [3.05, 3.63) is 58.4 Å². The van der Waals surface area contributed by atoms with Gasteiger partial charge in [0.2, 0.25) is 0 Å². The number of para-hydroxylation sites is 1. The average Bonchev–Trinajstić information content (AvgIpc) is 2.97. The second-order valence-electron chi connectivity index (χ2n) is 4.37. The van der Waals surface area contributed by atoms with Crippen LogP contribution in [0.2, 0.25) is 0 Å². The number of benzene rings is 1. The Morgan fingerprint density at radius 1 is 1.17 bits per heavy atom. The number of nitrogens with one attached hydrogen (secondary N) is 3. The lowest BCUT2D eigenvalue weighted by molar-refractivity contribution is 0.703. The second-order valence-corrected chi connectivity index (χ2v) is 4.37. The van der Waals surface area contributed by atoms with Gasteiger partial charge in [-0.1, -0.05) is 18.2 Å².